The number of phenols is 1. The van der Waals surface area contributed by atoms with Gasteiger partial charge in [-0.3, -0.25) is 9.59 Å². The summed E-state index contributed by atoms with van der Waals surface area (Å²) in [6.45, 7) is 0. The zero-order valence-corrected chi connectivity index (χ0v) is 11.5. The van der Waals surface area contributed by atoms with E-state index >= 15 is 0 Å². The number of phenolic OH excluding ortho intramolecular Hbond substituents is 1. The maximum atomic E-state index is 12.4. The lowest BCUT2D eigenvalue weighted by Gasteiger charge is -2.19. The van der Waals surface area contributed by atoms with Crippen LogP contribution in [-0.2, 0) is 4.74 Å². The average Bonchev–Trinajstić information content (AvgIpc) is 2.48. The molecule has 106 valence electrons. The standard InChI is InChI=1S/C16H12O5/c1-20-12-6-8-5-9(17)3-4-10(8)14-11(18)7-13(21-2)16(19)15(12)14/h3-7,17H,1-2H3. The SMILES string of the molecule is COC1=CC(=O)c2c(c(OC)cc3cc(O)ccc23)C1=O. The van der Waals surface area contributed by atoms with Gasteiger partial charge in [0.05, 0.1) is 19.8 Å². The second kappa shape index (κ2) is 4.63. The quantitative estimate of drug-likeness (QED) is 0.917. The molecule has 2 aromatic carbocycles. The fourth-order valence-electron chi connectivity index (χ4n) is 2.54. The Hall–Kier alpha value is -2.82. The van der Waals surface area contributed by atoms with Gasteiger partial charge in [0.25, 0.3) is 0 Å². The normalized spacial score (nSPS) is 13.9. The smallest absolute Gasteiger partial charge is 0.232 e. The molecular formula is C16H12O5. The number of rotatable bonds is 2. The van der Waals surface area contributed by atoms with Crippen LogP contribution in [0.5, 0.6) is 11.5 Å². The molecule has 2 aromatic rings. The Morgan fingerprint density at radius 2 is 1.76 bits per heavy atom. The zero-order valence-electron chi connectivity index (χ0n) is 11.5. The summed E-state index contributed by atoms with van der Waals surface area (Å²) in [6.07, 6.45) is 1.18. The molecule has 0 saturated heterocycles. The second-order valence-electron chi connectivity index (χ2n) is 4.64. The van der Waals surface area contributed by atoms with E-state index in [1.54, 1.807) is 12.1 Å². The highest BCUT2D eigenvalue weighted by Gasteiger charge is 2.31. The fourth-order valence-corrected chi connectivity index (χ4v) is 2.54. The predicted molar refractivity (Wildman–Crippen MR) is 75.9 cm³/mol. The summed E-state index contributed by atoms with van der Waals surface area (Å²) < 4.78 is 10.2. The Morgan fingerprint density at radius 3 is 2.43 bits per heavy atom. The Kier molecular flexibility index (Phi) is 2.90. The second-order valence-corrected chi connectivity index (χ2v) is 4.64. The molecule has 0 radical (unpaired) electrons. The number of hydrogen-bond donors (Lipinski definition) is 1. The van der Waals surface area contributed by atoms with Crippen molar-refractivity contribution in [3.63, 3.8) is 0 Å². The molecule has 0 heterocycles. The van der Waals surface area contributed by atoms with E-state index in [2.05, 4.69) is 0 Å². The van der Waals surface area contributed by atoms with E-state index in [0.29, 0.717) is 10.8 Å². The van der Waals surface area contributed by atoms with Gasteiger partial charge in [-0.15, -0.1) is 0 Å². The van der Waals surface area contributed by atoms with Crippen molar-refractivity contribution in [3.05, 3.63) is 47.2 Å². The van der Waals surface area contributed by atoms with E-state index in [0.717, 1.165) is 0 Å². The van der Waals surface area contributed by atoms with Crippen LogP contribution in [0, 0.1) is 0 Å². The first kappa shape index (κ1) is 13.2. The molecule has 0 unspecified atom stereocenters. The van der Waals surface area contributed by atoms with E-state index in [4.69, 9.17) is 9.47 Å². The number of allylic oxidation sites excluding steroid dienone is 2. The van der Waals surface area contributed by atoms with Crippen molar-refractivity contribution in [1.82, 2.24) is 0 Å². The van der Waals surface area contributed by atoms with Crippen molar-refractivity contribution in [1.29, 1.82) is 0 Å². The van der Waals surface area contributed by atoms with Crippen LogP contribution in [0.3, 0.4) is 0 Å². The van der Waals surface area contributed by atoms with Crippen molar-refractivity contribution in [2.45, 2.75) is 0 Å². The Labute approximate surface area is 120 Å². The highest BCUT2D eigenvalue weighted by molar-refractivity contribution is 6.29. The van der Waals surface area contributed by atoms with Crippen LogP contribution in [-0.4, -0.2) is 30.9 Å². The molecule has 0 fully saturated rings. The summed E-state index contributed by atoms with van der Waals surface area (Å²) in [7, 11) is 2.76. The number of benzene rings is 2. The summed E-state index contributed by atoms with van der Waals surface area (Å²) in [5.41, 5.74) is 0.468. The van der Waals surface area contributed by atoms with Crippen molar-refractivity contribution in [2.75, 3.05) is 14.2 Å². The molecule has 5 nitrogen and oxygen atoms in total. The van der Waals surface area contributed by atoms with Crippen LogP contribution in [0.2, 0.25) is 0 Å². The van der Waals surface area contributed by atoms with Crippen LogP contribution >= 0.6 is 0 Å². The highest BCUT2D eigenvalue weighted by atomic mass is 16.5. The highest BCUT2D eigenvalue weighted by Crippen LogP contribution is 2.37. The largest absolute Gasteiger partial charge is 0.508 e. The van der Waals surface area contributed by atoms with Gasteiger partial charge in [-0.2, -0.15) is 0 Å². The molecule has 1 N–H and O–H groups in total. The molecule has 0 aromatic heterocycles. The van der Waals surface area contributed by atoms with Gasteiger partial charge in [0.2, 0.25) is 5.78 Å². The van der Waals surface area contributed by atoms with Gasteiger partial charge >= 0.3 is 0 Å². The number of aromatic hydroxyl groups is 1. The first-order chi connectivity index (χ1) is 10.1. The molecule has 0 amide bonds. The van der Waals surface area contributed by atoms with Crippen molar-refractivity contribution < 1.29 is 24.2 Å². The van der Waals surface area contributed by atoms with Gasteiger partial charge in [0, 0.05) is 11.6 Å². The zero-order chi connectivity index (χ0) is 15.1. The van der Waals surface area contributed by atoms with Crippen LogP contribution < -0.4 is 4.74 Å². The number of hydrogen-bond acceptors (Lipinski definition) is 5. The average molecular weight is 284 g/mol. The fraction of sp³-hybridized carbons (Fsp3) is 0.125. The van der Waals surface area contributed by atoms with Gasteiger partial charge in [-0.05, 0) is 35.0 Å². The lowest BCUT2D eigenvalue weighted by atomic mass is 9.88. The first-order valence-electron chi connectivity index (χ1n) is 6.25. The van der Waals surface area contributed by atoms with Gasteiger partial charge in [-0.1, -0.05) is 0 Å². The lowest BCUT2D eigenvalue weighted by molar-refractivity contribution is 0.0914. The first-order valence-corrected chi connectivity index (χ1v) is 6.25. The summed E-state index contributed by atoms with van der Waals surface area (Å²) in [5.74, 6) is -0.366. The molecule has 0 aliphatic heterocycles. The molecule has 1 aliphatic carbocycles. The molecule has 5 heteroatoms. The van der Waals surface area contributed by atoms with E-state index in [9.17, 15) is 14.7 Å². The van der Waals surface area contributed by atoms with Crippen molar-refractivity contribution in [3.8, 4) is 11.5 Å². The summed E-state index contributed by atoms with van der Waals surface area (Å²) in [6, 6.07) is 6.23. The van der Waals surface area contributed by atoms with Crippen molar-refractivity contribution >= 4 is 22.3 Å². The Morgan fingerprint density at radius 1 is 1.00 bits per heavy atom. The van der Waals surface area contributed by atoms with Gasteiger partial charge in [0.15, 0.2) is 11.5 Å². The van der Waals surface area contributed by atoms with E-state index in [1.165, 1.54) is 32.4 Å². The summed E-state index contributed by atoms with van der Waals surface area (Å²) in [5, 5.41) is 10.8. The van der Waals surface area contributed by atoms with Crippen LogP contribution in [0.15, 0.2) is 36.1 Å². The monoisotopic (exact) mass is 284 g/mol. The third-order valence-electron chi connectivity index (χ3n) is 3.49. The molecule has 0 saturated carbocycles. The Balaban J connectivity index is 2.43. The molecule has 1 aliphatic rings. The number of Topliss-reactive ketones (excluding diaryl/α,β-unsaturated/α-hetero) is 1. The number of carbonyl (C=O) groups excluding carboxylic acids is 2. The number of carbonyl (C=O) groups is 2. The van der Waals surface area contributed by atoms with Gasteiger partial charge in [0.1, 0.15) is 11.5 Å². The third-order valence-corrected chi connectivity index (χ3v) is 3.49. The maximum Gasteiger partial charge on any atom is 0.232 e. The van der Waals surface area contributed by atoms with E-state index in [1.807, 2.05) is 0 Å². The summed E-state index contributed by atoms with van der Waals surface area (Å²) >= 11 is 0. The minimum atomic E-state index is -0.390. The minimum absolute atomic E-state index is 0.0103. The topological polar surface area (TPSA) is 72.8 Å². The van der Waals surface area contributed by atoms with Crippen LogP contribution in [0.1, 0.15) is 20.7 Å². The van der Waals surface area contributed by atoms with Gasteiger partial charge < -0.3 is 14.6 Å². The molecule has 0 spiro atoms. The van der Waals surface area contributed by atoms with E-state index in [-0.39, 0.29) is 40.0 Å². The van der Waals surface area contributed by atoms with Gasteiger partial charge in [-0.25, -0.2) is 0 Å². The van der Waals surface area contributed by atoms with E-state index < -0.39 is 0 Å². The van der Waals surface area contributed by atoms with Crippen LogP contribution in [0.25, 0.3) is 10.8 Å². The Bertz CT molecular complexity index is 817. The molecule has 21 heavy (non-hydrogen) atoms. The molecular weight excluding hydrogens is 272 g/mol. The lowest BCUT2D eigenvalue weighted by Crippen LogP contribution is -2.19. The van der Waals surface area contributed by atoms with Crippen molar-refractivity contribution in [2.24, 2.45) is 0 Å². The maximum absolute atomic E-state index is 12.4. The van der Waals surface area contributed by atoms with Crippen LogP contribution in [0.4, 0.5) is 0 Å². The number of methoxy groups -OCH3 is 2. The molecule has 0 atom stereocenters. The summed E-state index contributed by atoms with van der Waals surface area (Å²) in [4.78, 5) is 24.7. The molecule has 0 bridgehead atoms. The molecule has 3 rings (SSSR count). The number of fused-ring (bicyclic) bond motifs is 3. The minimum Gasteiger partial charge on any atom is -0.508 e. The number of ketones is 2. The third kappa shape index (κ3) is 1.86. The number of ether oxygens (including phenoxy) is 2. The predicted octanol–water partition coefficient (Wildman–Crippen LogP) is 2.46.